The summed E-state index contributed by atoms with van der Waals surface area (Å²) in [4.78, 5) is 29.1. The Morgan fingerprint density at radius 2 is 1.45 bits per heavy atom. The van der Waals surface area contributed by atoms with Gasteiger partial charge in [0.25, 0.3) is 0 Å². The quantitative estimate of drug-likeness (QED) is 0.339. The van der Waals surface area contributed by atoms with Crippen LogP contribution in [0.2, 0.25) is 0 Å². The number of aromatic nitrogens is 1. The highest BCUT2D eigenvalue weighted by Crippen LogP contribution is 2.25. The molecule has 4 rings (SSSR count). The Hall–Kier alpha value is -3.77. The van der Waals surface area contributed by atoms with Crippen molar-refractivity contribution >= 4 is 28.2 Å². The summed E-state index contributed by atoms with van der Waals surface area (Å²) in [6, 6.07) is 26.1. The second-order valence-electron chi connectivity index (χ2n) is 6.81. The number of ketones is 1. The standard InChI is InChI=1S/C25H20N2O3S/c28-23(19-11-13-21(14-12-19)30-20-9-5-2-6-10-20)15-16-24(29)27-25-26-22(17-31-25)18-7-3-1-4-8-18/h1-14,17H,15-16H2,(H,26,27,29). The third kappa shape index (κ3) is 5.65. The van der Waals surface area contributed by atoms with Crippen LogP contribution in [0.3, 0.4) is 0 Å². The number of nitrogens with zero attached hydrogens (tertiary/aromatic N) is 1. The van der Waals surface area contributed by atoms with Gasteiger partial charge in [0.2, 0.25) is 5.91 Å². The number of anilines is 1. The van der Waals surface area contributed by atoms with Crippen LogP contribution in [-0.4, -0.2) is 16.7 Å². The first-order chi connectivity index (χ1) is 15.2. The first kappa shape index (κ1) is 20.5. The summed E-state index contributed by atoms with van der Waals surface area (Å²) in [7, 11) is 0. The largest absolute Gasteiger partial charge is 0.457 e. The van der Waals surface area contributed by atoms with Crippen LogP contribution in [0.15, 0.2) is 90.3 Å². The zero-order valence-corrected chi connectivity index (χ0v) is 17.5. The van der Waals surface area contributed by atoms with Crippen molar-refractivity contribution in [1.29, 1.82) is 0 Å². The van der Waals surface area contributed by atoms with Crippen LogP contribution in [0, 0.1) is 0 Å². The maximum Gasteiger partial charge on any atom is 0.226 e. The Kier molecular flexibility index (Phi) is 6.50. The van der Waals surface area contributed by atoms with E-state index in [0.717, 1.165) is 17.0 Å². The van der Waals surface area contributed by atoms with Gasteiger partial charge in [0, 0.05) is 29.3 Å². The lowest BCUT2D eigenvalue weighted by Gasteiger charge is -2.06. The number of nitrogens with one attached hydrogen (secondary N) is 1. The van der Waals surface area contributed by atoms with E-state index >= 15 is 0 Å². The number of Topliss-reactive ketones (excluding diaryl/α,β-unsaturated/α-hetero) is 1. The third-order valence-electron chi connectivity index (χ3n) is 4.55. The monoisotopic (exact) mass is 428 g/mol. The smallest absolute Gasteiger partial charge is 0.226 e. The Balaban J connectivity index is 1.27. The number of thiazole rings is 1. The average Bonchev–Trinajstić information content (AvgIpc) is 3.28. The summed E-state index contributed by atoms with van der Waals surface area (Å²) in [5.74, 6) is 1.06. The van der Waals surface area contributed by atoms with Crippen LogP contribution in [0.25, 0.3) is 11.3 Å². The molecule has 5 nitrogen and oxygen atoms in total. The Morgan fingerprint density at radius 3 is 2.16 bits per heavy atom. The van der Waals surface area contributed by atoms with Crippen LogP contribution in [0.1, 0.15) is 23.2 Å². The van der Waals surface area contributed by atoms with Gasteiger partial charge < -0.3 is 10.1 Å². The highest BCUT2D eigenvalue weighted by atomic mass is 32.1. The van der Waals surface area contributed by atoms with Gasteiger partial charge in [-0.2, -0.15) is 0 Å². The van der Waals surface area contributed by atoms with Crippen LogP contribution >= 0.6 is 11.3 Å². The molecule has 154 valence electrons. The number of amides is 1. The zero-order valence-electron chi connectivity index (χ0n) is 16.7. The van der Waals surface area contributed by atoms with Crippen molar-refractivity contribution in [3.63, 3.8) is 0 Å². The van der Waals surface area contributed by atoms with Gasteiger partial charge in [-0.3, -0.25) is 9.59 Å². The van der Waals surface area contributed by atoms with Crippen molar-refractivity contribution in [1.82, 2.24) is 4.98 Å². The molecule has 0 aliphatic carbocycles. The molecule has 1 aromatic heterocycles. The molecule has 0 saturated heterocycles. The summed E-state index contributed by atoms with van der Waals surface area (Å²) in [5.41, 5.74) is 2.36. The summed E-state index contributed by atoms with van der Waals surface area (Å²) in [6.07, 6.45) is 0.225. The van der Waals surface area contributed by atoms with Crippen molar-refractivity contribution in [3.05, 3.63) is 95.9 Å². The van der Waals surface area contributed by atoms with E-state index in [2.05, 4.69) is 10.3 Å². The molecule has 3 aromatic carbocycles. The second-order valence-corrected chi connectivity index (χ2v) is 7.67. The number of carbonyl (C=O) groups excluding carboxylic acids is 2. The highest BCUT2D eigenvalue weighted by Gasteiger charge is 2.12. The predicted molar refractivity (Wildman–Crippen MR) is 123 cm³/mol. The van der Waals surface area contributed by atoms with Crippen LogP contribution in [0.5, 0.6) is 11.5 Å². The van der Waals surface area contributed by atoms with Crippen LogP contribution in [-0.2, 0) is 4.79 Å². The van der Waals surface area contributed by atoms with E-state index in [1.54, 1.807) is 24.3 Å². The van der Waals surface area contributed by atoms with Gasteiger partial charge in [-0.15, -0.1) is 11.3 Å². The molecule has 0 radical (unpaired) electrons. The lowest BCUT2D eigenvalue weighted by molar-refractivity contribution is -0.116. The minimum atomic E-state index is -0.230. The molecule has 0 fully saturated rings. The molecule has 1 amide bonds. The van der Waals surface area contributed by atoms with E-state index < -0.39 is 0 Å². The Bertz CT molecular complexity index is 1160. The molecule has 0 saturated carbocycles. The molecular weight excluding hydrogens is 408 g/mol. The van der Waals surface area contributed by atoms with Gasteiger partial charge in [-0.25, -0.2) is 4.98 Å². The second kappa shape index (κ2) is 9.82. The zero-order chi connectivity index (χ0) is 21.5. The minimum Gasteiger partial charge on any atom is -0.457 e. The number of hydrogen-bond acceptors (Lipinski definition) is 5. The lowest BCUT2D eigenvalue weighted by Crippen LogP contribution is -2.13. The number of ether oxygens (including phenoxy) is 1. The van der Waals surface area contributed by atoms with Crippen molar-refractivity contribution in [3.8, 4) is 22.8 Å². The number of carbonyl (C=O) groups is 2. The molecule has 0 aliphatic rings. The van der Waals surface area contributed by atoms with E-state index in [4.69, 9.17) is 4.74 Å². The maximum absolute atomic E-state index is 12.4. The Morgan fingerprint density at radius 1 is 0.806 bits per heavy atom. The SMILES string of the molecule is O=C(CCC(=O)c1ccc(Oc2ccccc2)cc1)Nc1nc(-c2ccccc2)cs1. The molecule has 0 aliphatic heterocycles. The van der Waals surface area contributed by atoms with Gasteiger partial charge in [0.05, 0.1) is 5.69 Å². The summed E-state index contributed by atoms with van der Waals surface area (Å²) < 4.78 is 5.73. The van der Waals surface area contributed by atoms with Crippen molar-refractivity contribution in [2.75, 3.05) is 5.32 Å². The van der Waals surface area contributed by atoms with Crippen molar-refractivity contribution in [2.45, 2.75) is 12.8 Å². The first-order valence-corrected chi connectivity index (χ1v) is 10.7. The van der Waals surface area contributed by atoms with E-state index in [0.29, 0.717) is 16.4 Å². The van der Waals surface area contributed by atoms with Crippen LogP contribution in [0.4, 0.5) is 5.13 Å². The molecule has 0 spiro atoms. The number of benzene rings is 3. The topological polar surface area (TPSA) is 68.3 Å². The Labute approximate surface area is 184 Å². The van der Waals surface area contributed by atoms with Gasteiger partial charge in [-0.1, -0.05) is 48.5 Å². The van der Waals surface area contributed by atoms with Gasteiger partial charge in [-0.05, 0) is 36.4 Å². The third-order valence-corrected chi connectivity index (χ3v) is 5.31. The first-order valence-electron chi connectivity index (χ1n) is 9.84. The maximum atomic E-state index is 12.4. The van der Waals surface area contributed by atoms with Crippen LogP contribution < -0.4 is 10.1 Å². The molecule has 0 bridgehead atoms. The molecule has 31 heavy (non-hydrogen) atoms. The molecule has 1 N–H and O–H groups in total. The van der Waals surface area contributed by atoms with E-state index in [-0.39, 0.29) is 24.5 Å². The van der Waals surface area contributed by atoms with Gasteiger partial charge in [0.15, 0.2) is 10.9 Å². The minimum absolute atomic E-state index is 0.0921. The summed E-state index contributed by atoms with van der Waals surface area (Å²) in [5, 5.41) is 5.20. The highest BCUT2D eigenvalue weighted by molar-refractivity contribution is 7.14. The van der Waals surface area contributed by atoms with E-state index in [9.17, 15) is 9.59 Å². The van der Waals surface area contributed by atoms with E-state index in [1.165, 1.54) is 11.3 Å². The number of hydrogen-bond donors (Lipinski definition) is 1. The fraction of sp³-hybridized carbons (Fsp3) is 0.0800. The molecule has 0 atom stereocenters. The average molecular weight is 429 g/mol. The number of para-hydroxylation sites is 1. The predicted octanol–water partition coefficient (Wildman–Crippen LogP) is 6.20. The molecule has 0 unspecified atom stereocenters. The van der Waals surface area contributed by atoms with Crippen molar-refractivity contribution in [2.24, 2.45) is 0 Å². The summed E-state index contributed by atoms with van der Waals surface area (Å²) in [6.45, 7) is 0. The van der Waals surface area contributed by atoms with Gasteiger partial charge in [0.1, 0.15) is 11.5 Å². The molecular formula is C25H20N2O3S. The summed E-state index contributed by atoms with van der Waals surface area (Å²) >= 11 is 1.36. The lowest BCUT2D eigenvalue weighted by atomic mass is 10.1. The van der Waals surface area contributed by atoms with Crippen molar-refractivity contribution < 1.29 is 14.3 Å². The molecule has 6 heteroatoms. The fourth-order valence-electron chi connectivity index (χ4n) is 2.96. The molecule has 1 heterocycles. The van der Waals surface area contributed by atoms with E-state index in [1.807, 2.05) is 66.0 Å². The number of rotatable bonds is 8. The normalized spacial score (nSPS) is 10.5. The van der Waals surface area contributed by atoms with Gasteiger partial charge >= 0.3 is 0 Å². The fourth-order valence-corrected chi connectivity index (χ4v) is 3.70. The molecule has 4 aromatic rings.